The Labute approximate surface area is 167 Å². The van der Waals surface area contributed by atoms with Crippen LogP contribution in [0, 0.1) is 0 Å². The molecule has 0 saturated carbocycles. The number of thioether (sulfide) groups is 1. The van der Waals surface area contributed by atoms with E-state index in [1.807, 2.05) is 54.6 Å². The maximum Gasteiger partial charge on any atom is 0.357 e. The van der Waals surface area contributed by atoms with Crippen molar-refractivity contribution in [2.24, 2.45) is 0 Å². The van der Waals surface area contributed by atoms with Crippen LogP contribution in [0.3, 0.4) is 0 Å². The minimum atomic E-state index is -0.607. The molecule has 28 heavy (non-hydrogen) atoms. The van der Waals surface area contributed by atoms with E-state index in [-0.39, 0.29) is 24.2 Å². The van der Waals surface area contributed by atoms with Crippen LogP contribution < -0.4 is 4.90 Å². The highest BCUT2D eigenvalue weighted by molar-refractivity contribution is 7.99. The second kappa shape index (κ2) is 8.27. The molecule has 0 spiro atoms. The average Bonchev–Trinajstić information content (AvgIpc) is 2.77. The van der Waals surface area contributed by atoms with Gasteiger partial charge < -0.3 is 4.74 Å². The smallest absolute Gasteiger partial charge is 0.357 e. The summed E-state index contributed by atoms with van der Waals surface area (Å²) >= 11 is 1.72. The molecule has 0 unspecified atom stereocenters. The summed E-state index contributed by atoms with van der Waals surface area (Å²) in [6, 6.07) is 22.6. The molecule has 1 aliphatic heterocycles. The fourth-order valence-corrected chi connectivity index (χ4v) is 4.34. The lowest BCUT2D eigenvalue weighted by molar-refractivity contribution is -0.122. The normalized spacial score (nSPS) is 15.6. The Morgan fingerprint density at radius 2 is 1.75 bits per heavy atom. The second-order valence-electron chi connectivity index (χ2n) is 6.26. The zero-order valence-corrected chi connectivity index (χ0v) is 15.8. The minimum absolute atomic E-state index is 0.123. The minimum Gasteiger partial charge on any atom is -0.451 e. The number of benzene rings is 2. The summed E-state index contributed by atoms with van der Waals surface area (Å²) in [5.41, 5.74) is 2.07. The van der Waals surface area contributed by atoms with Gasteiger partial charge in [0.05, 0.1) is 11.7 Å². The zero-order valence-electron chi connectivity index (χ0n) is 15.0. The SMILES string of the molecule is O=C(OCC(=O)N1c2ccccc2SC[C@H]1c1ccccc1)c1ccccn1. The quantitative estimate of drug-likeness (QED) is 0.627. The number of amides is 1. The summed E-state index contributed by atoms with van der Waals surface area (Å²) in [7, 11) is 0. The van der Waals surface area contributed by atoms with E-state index in [1.54, 1.807) is 34.9 Å². The average molecular weight is 390 g/mol. The molecule has 140 valence electrons. The first-order valence-electron chi connectivity index (χ1n) is 8.91. The van der Waals surface area contributed by atoms with Gasteiger partial charge in [-0.05, 0) is 29.8 Å². The van der Waals surface area contributed by atoms with Gasteiger partial charge in [-0.3, -0.25) is 9.69 Å². The molecule has 0 N–H and O–H groups in total. The number of anilines is 1. The molecule has 2 aromatic carbocycles. The van der Waals surface area contributed by atoms with Crippen molar-refractivity contribution in [1.29, 1.82) is 0 Å². The molecule has 1 amide bonds. The highest BCUT2D eigenvalue weighted by Gasteiger charge is 2.33. The number of pyridine rings is 1. The van der Waals surface area contributed by atoms with Crippen LogP contribution in [0.5, 0.6) is 0 Å². The Morgan fingerprint density at radius 1 is 1.00 bits per heavy atom. The van der Waals surface area contributed by atoms with Crippen molar-refractivity contribution < 1.29 is 14.3 Å². The lowest BCUT2D eigenvalue weighted by atomic mass is 10.1. The van der Waals surface area contributed by atoms with Crippen LogP contribution in [-0.2, 0) is 9.53 Å². The Hall–Kier alpha value is -3.12. The molecule has 1 aromatic heterocycles. The van der Waals surface area contributed by atoms with Crippen LogP contribution in [-0.4, -0.2) is 29.2 Å². The molecular formula is C22H18N2O3S. The maximum absolute atomic E-state index is 13.1. The van der Waals surface area contributed by atoms with Crippen LogP contribution in [0.1, 0.15) is 22.1 Å². The van der Waals surface area contributed by atoms with Crippen LogP contribution in [0.25, 0.3) is 0 Å². The van der Waals surface area contributed by atoms with E-state index < -0.39 is 5.97 Å². The number of hydrogen-bond donors (Lipinski definition) is 0. The van der Waals surface area contributed by atoms with Gasteiger partial charge in [-0.15, -0.1) is 11.8 Å². The largest absolute Gasteiger partial charge is 0.451 e. The predicted octanol–water partition coefficient (Wildman–Crippen LogP) is 4.12. The Balaban J connectivity index is 1.58. The second-order valence-corrected chi connectivity index (χ2v) is 7.32. The third-order valence-corrected chi connectivity index (χ3v) is 5.63. The molecule has 0 saturated heterocycles. The number of carbonyl (C=O) groups excluding carboxylic acids is 2. The Morgan fingerprint density at radius 3 is 2.54 bits per heavy atom. The molecule has 3 aromatic rings. The molecule has 0 bridgehead atoms. The van der Waals surface area contributed by atoms with E-state index in [4.69, 9.17) is 4.74 Å². The van der Waals surface area contributed by atoms with Crippen LogP contribution in [0.2, 0.25) is 0 Å². The van der Waals surface area contributed by atoms with Gasteiger partial charge in [-0.1, -0.05) is 48.5 Å². The van der Waals surface area contributed by atoms with Gasteiger partial charge in [0.25, 0.3) is 5.91 Å². The van der Waals surface area contributed by atoms with E-state index in [0.717, 1.165) is 21.9 Å². The molecule has 1 aliphatic rings. The van der Waals surface area contributed by atoms with Gasteiger partial charge in [0.1, 0.15) is 5.69 Å². The fraction of sp³-hybridized carbons (Fsp3) is 0.136. The number of para-hydroxylation sites is 1. The molecule has 5 nitrogen and oxygen atoms in total. The summed E-state index contributed by atoms with van der Waals surface area (Å²) in [5, 5.41) is 0. The molecule has 4 rings (SSSR count). The summed E-state index contributed by atoms with van der Waals surface area (Å²) in [6.07, 6.45) is 1.52. The van der Waals surface area contributed by atoms with Crippen molar-refractivity contribution in [3.05, 3.63) is 90.3 Å². The molecule has 6 heteroatoms. The number of rotatable bonds is 4. The maximum atomic E-state index is 13.1. The standard InChI is InChI=1S/C22H18N2O3S/c25-21(14-27-22(26)17-10-6-7-13-23-17)24-18-11-4-5-12-20(18)28-15-19(24)16-8-2-1-3-9-16/h1-13,19H,14-15H2/t19-/m0/s1. The molecule has 2 heterocycles. The van der Waals surface area contributed by atoms with E-state index >= 15 is 0 Å². The molecule has 0 fully saturated rings. The van der Waals surface area contributed by atoms with Crippen molar-refractivity contribution in [3.8, 4) is 0 Å². The van der Waals surface area contributed by atoms with Crippen LogP contribution in [0.4, 0.5) is 5.69 Å². The first-order valence-corrected chi connectivity index (χ1v) is 9.89. The van der Waals surface area contributed by atoms with Gasteiger partial charge in [0.2, 0.25) is 0 Å². The highest BCUT2D eigenvalue weighted by Crippen LogP contribution is 2.43. The summed E-state index contributed by atoms with van der Waals surface area (Å²) in [4.78, 5) is 32.0. The van der Waals surface area contributed by atoms with E-state index in [1.165, 1.54) is 6.20 Å². The number of nitrogens with zero attached hydrogens (tertiary/aromatic N) is 2. The highest BCUT2D eigenvalue weighted by atomic mass is 32.2. The monoisotopic (exact) mass is 390 g/mol. The number of fused-ring (bicyclic) bond motifs is 1. The molecular weight excluding hydrogens is 372 g/mol. The lowest BCUT2D eigenvalue weighted by Gasteiger charge is -2.37. The van der Waals surface area contributed by atoms with Crippen molar-refractivity contribution in [2.75, 3.05) is 17.3 Å². The number of aromatic nitrogens is 1. The first kappa shape index (κ1) is 18.3. The van der Waals surface area contributed by atoms with Gasteiger partial charge in [-0.2, -0.15) is 0 Å². The number of carbonyl (C=O) groups is 2. The lowest BCUT2D eigenvalue weighted by Crippen LogP contribution is -2.41. The Bertz CT molecular complexity index is 979. The van der Waals surface area contributed by atoms with E-state index in [9.17, 15) is 9.59 Å². The van der Waals surface area contributed by atoms with Gasteiger partial charge in [0.15, 0.2) is 6.61 Å². The van der Waals surface area contributed by atoms with Gasteiger partial charge in [0, 0.05) is 16.8 Å². The third-order valence-electron chi connectivity index (χ3n) is 4.49. The zero-order chi connectivity index (χ0) is 19.3. The van der Waals surface area contributed by atoms with Crippen molar-refractivity contribution in [1.82, 2.24) is 4.98 Å². The predicted molar refractivity (Wildman–Crippen MR) is 108 cm³/mol. The Kier molecular flexibility index (Phi) is 5.39. The van der Waals surface area contributed by atoms with Gasteiger partial charge >= 0.3 is 5.97 Å². The fourth-order valence-electron chi connectivity index (χ4n) is 3.17. The third kappa shape index (κ3) is 3.77. The van der Waals surface area contributed by atoms with Gasteiger partial charge in [-0.25, -0.2) is 9.78 Å². The summed E-state index contributed by atoms with van der Waals surface area (Å²) in [6.45, 7) is -0.336. The van der Waals surface area contributed by atoms with Crippen molar-refractivity contribution >= 4 is 29.3 Å². The molecule has 0 aliphatic carbocycles. The topological polar surface area (TPSA) is 59.5 Å². The van der Waals surface area contributed by atoms with Crippen molar-refractivity contribution in [2.45, 2.75) is 10.9 Å². The van der Waals surface area contributed by atoms with Crippen molar-refractivity contribution in [3.63, 3.8) is 0 Å². The van der Waals surface area contributed by atoms with E-state index in [2.05, 4.69) is 4.98 Å². The van der Waals surface area contributed by atoms with Crippen LogP contribution in [0.15, 0.2) is 83.9 Å². The molecule has 1 atom stereocenters. The number of hydrogen-bond acceptors (Lipinski definition) is 5. The van der Waals surface area contributed by atoms with Crippen LogP contribution >= 0.6 is 11.8 Å². The molecule has 0 radical (unpaired) electrons. The summed E-state index contributed by atoms with van der Waals surface area (Å²) in [5.74, 6) is -0.128. The number of esters is 1. The number of ether oxygens (including phenoxy) is 1. The van der Waals surface area contributed by atoms with E-state index in [0.29, 0.717) is 0 Å². The summed E-state index contributed by atoms with van der Waals surface area (Å²) < 4.78 is 5.24. The first-order chi connectivity index (χ1) is 13.7.